The van der Waals surface area contributed by atoms with Crippen molar-refractivity contribution in [3.8, 4) is 11.6 Å². The summed E-state index contributed by atoms with van der Waals surface area (Å²) in [5.74, 6) is -0.390. The Labute approximate surface area is 209 Å². The number of nitrogens with zero attached hydrogens (tertiary/aromatic N) is 3. The second kappa shape index (κ2) is 9.44. The van der Waals surface area contributed by atoms with Gasteiger partial charge in [-0.05, 0) is 54.5 Å². The summed E-state index contributed by atoms with van der Waals surface area (Å²) in [4.78, 5) is 33.0. The van der Waals surface area contributed by atoms with E-state index in [2.05, 4.69) is 4.98 Å². The molecule has 0 saturated carbocycles. The zero-order chi connectivity index (χ0) is 24.5. The van der Waals surface area contributed by atoms with Gasteiger partial charge in [0.05, 0.1) is 11.4 Å². The summed E-state index contributed by atoms with van der Waals surface area (Å²) >= 11 is 6.57. The zero-order valence-electron chi connectivity index (χ0n) is 18.5. The molecule has 6 nitrogen and oxygen atoms in total. The fourth-order valence-electron chi connectivity index (χ4n) is 3.64. The quantitative estimate of drug-likeness (QED) is 0.271. The predicted molar refractivity (Wildman–Crippen MR) is 138 cm³/mol. The molecule has 1 amide bonds. The third-order valence-electron chi connectivity index (χ3n) is 5.41. The number of hydrogen-bond donors (Lipinski definition) is 0. The lowest BCUT2D eigenvalue weighted by Crippen LogP contribution is -2.27. The maximum absolute atomic E-state index is 13.5. The molecule has 9 heteroatoms. The first-order chi connectivity index (χ1) is 16.9. The summed E-state index contributed by atoms with van der Waals surface area (Å²) in [6.45, 7) is 2.16. The minimum atomic E-state index is -0.415. The molecular weight excluding hydrogens is 485 g/mol. The van der Waals surface area contributed by atoms with Crippen LogP contribution in [0.1, 0.15) is 16.7 Å². The number of aromatic nitrogens is 2. The Morgan fingerprint density at radius 3 is 2.54 bits per heavy atom. The van der Waals surface area contributed by atoms with E-state index in [0.717, 1.165) is 22.9 Å². The highest BCUT2D eigenvalue weighted by Crippen LogP contribution is 2.35. The molecule has 3 heterocycles. The van der Waals surface area contributed by atoms with Crippen LogP contribution in [0.2, 0.25) is 0 Å². The van der Waals surface area contributed by atoms with Crippen LogP contribution in [0.25, 0.3) is 11.7 Å². The molecule has 2 aromatic carbocycles. The van der Waals surface area contributed by atoms with Gasteiger partial charge < -0.3 is 4.74 Å². The molecule has 0 aliphatic carbocycles. The van der Waals surface area contributed by atoms with Crippen LogP contribution < -0.4 is 10.3 Å². The van der Waals surface area contributed by atoms with E-state index in [9.17, 15) is 14.0 Å². The minimum Gasteiger partial charge on any atom is -0.438 e. The third kappa shape index (κ3) is 4.60. The Hall–Kier alpha value is -3.82. The van der Waals surface area contributed by atoms with Gasteiger partial charge in [-0.2, -0.15) is 4.98 Å². The van der Waals surface area contributed by atoms with Gasteiger partial charge >= 0.3 is 0 Å². The van der Waals surface area contributed by atoms with E-state index < -0.39 is 11.4 Å². The number of carbonyl (C=O) groups excluding carboxylic acids is 1. The van der Waals surface area contributed by atoms with E-state index in [4.69, 9.17) is 17.0 Å². The lowest BCUT2D eigenvalue weighted by Gasteiger charge is -2.14. The van der Waals surface area contributed by atoms with Crippen LogP contribution >= 0.6 is 24.0 Å². The van der Waals surface area contributed by atoms with Gasteiger partial charge in [-0.15, -0.1) is 0 Å². The van der Waals surface area contributed by atoms with Gasteiger partial charge in [0.25, 0.3) is 11.5 Å². The van der Waals surface area contributed by atoms with E-state index in [-0.39, 0.29) is 17.4 Å². The Kier molecular flexibility index (Phi) is 6.19. The molecule has 1 saturated heterocycles. The molecular formula is C26H18FN3O3S2. The number of fused-ring (bicyclic) bond motifs is 1. The molecule has 174 valence electrons. The lowest BCUT2D eigenvalue weighted by molar-refractivity contribution is -0.122. The maximum atomic E-state index is 13.5. The standard InChI is InChI=1S/C26H18FN3O3S2/c1-16-6-5-13-29-22(16)28-23(33-19-11-9-18(27)10-12-19)20(24(29)31)14-21-25(32)30(26(34)35-21)15-17-7-3-2-4-8-17/h2-14H,15H2,1H3/b21-14+. The normalized spacial score (nSPS) is 14.8. The topological polar surface area (TPSA) is 63.9 Å². The number of amides is 1. The van der Waals surface area contributed by atoms with Crippen LogP contribution in [0.3, 0.4) is 0 Å². The highest BCUT2D eigenvalue weighted by molar-refractivity contribution is 8.26. The van der Waals surface area contributed by atoms with Crippen molar-refractivity contribution in [1.29, 1.82) is 0 Å². The van der Waals surface area contributed by atoms with Crippen LogP contribution in [0.4, 0.5) is 4.39 Å². The van der Waals surface area contributed by atoms with Crippen molar-refractivity contribution in [2.45, 2.75) is 13.5 Å². The third-order valence-corrected chi connectivity index (χ3v) is 6.79. The molecule has 4 aromatic rings. The van der Waals surface area contributed by atoms with E-state index in [1.54, 1.807) is 12.3 Å². The van der Waals surface area contributed by atoms with Gasteiger partial charge in [0, 0.05) is 6.20 Å². The van der Waals surface area contributed by atoms with Crippen molar-refractivity contribution in [3.63, 3.8) is 0 Å². The number of ether oxygens (including phenoxy) is 1. The summed E-state index contributed by atoms with van der Waals surface area (Å²) < 4.78 is 21.1. The molecule has 2 aromatic heterocycles. The van der Waals surface area contributed by atoms with Gasteiger partial charge in [0.15, 0.2) is 0 Å². The van der Waals surface area contributed by atoms with Crippen molar-refractivity contribution >= 4 is 45.9 Å². The van der Waals surface area contributed by atoms with Gasteiger partial charge in [0.1, 0.15) is 27.1 Å². The fourth-order valence-corrected chi connectivity index (χ4v) is 4.88. The minimum absolute atomic E-state index is 0.0178. The van der Waals surface area contributed by atoms with Crippen LogP contribution in [-0.4, -0.2) is 24.5 Å². The Bertz CT molecular complexity index is 1550. The molecule has 0 radical (unpaired) electrons. The molecule has 1 fully saturated rings. The molecule has 5 rings (SSSR count). The van der Waals surface area contributed by atoms with Crippen molar-refractivity contribution < 1.29 is 13.9 Å². The van der Waals surface area contributed by atoms with E-state index >= 15 is 0 Å². The molecule has 0 unspecified atom stereocenters. The zero-order valence-corrected chi connectivity index (χ0v) is 20.1. The van der Waals surface area contributed by atoms with Crippen LogP contribution in [0.15, 0.2) is 82.6 Å². The van der Waals surface area contributed by atoms with Crippen molar-refractivity contribution in [2.24, 2.45) is 0 Å². The first-order valence-electron chi connectivity index (χ1n) is 10.7. The monoisotopic (exact) mass is 503 g/mol. The number of thiocarbonyl (C=S) groups is 1. The van der Waals surface area contributed by atoms with Gasteiger partial charge in [-0.3, -0.25) is 18.9 Å². The lowest BCUT2D eigenvalue weighted by atomic mass is 10.2. The predicted octanol–water partition coefficient (Wildman–Crippen LogP) is 5.34. The Balaban J connectivity index is 1.59. The van der Waals surface area contributed by atoms with Crippen LogP contribution in [0.5, 0.6) is 11.6 Å². The number of thioether (sulfide) groups is 1. The summed E-state index contributed by atoms with van der Waals surface area (Å²) in [6, 6.07) is 18.5. The largest absolute Gasteiger partial charge is 0.438 e. The molecule has 1 aliphatic heterocycles. The van der Waals surface area contributed by atoms with E-state index in [1.165, 1.54) is 39.6 Å². The highest BCUT2D eigenvalue weighted by atomic mass is 32.2. The second-order valence-electron chi connectivity index (χ2n) is 7.83. The molecule has 0 bridgehead atoms. The van der Waals surface area contributed by atoms with Crippen molar-refractivity contribution in [3.05, 3.63) is 111 Å². The Morgan fingerprint density at radius 2 is 1.80 bits per heavy atom. The number of rotatable bonds is 5. The second-order valence-corrected chi connectivity index (χ2v) is 9.51. The average molecular weight is 504 g/mol. The molecule has 35 heavy (non-hydrogen) atoms. The molecule has 1 aliphatic rings. The SMILES string of the molecule is Cc1cccn2c(=O)c(/C=C3/SC(=S)N(Cc4ccccc4)C3=O)c(Oc3ccc(F)cc3)nc12. The average Bonchev–Trinajstić information content (AvgIpc) is 3.11. The Morgan fingerprint density at radius 1 is 1.06 bits per heavy atom. The van der Waals surface area contributed by atoms with Gasteiger partial charge in [-0.25, -0.2) is 4.39 Å². The summed E-state index contributed by atoms with van der Waals surface area (Å²) in [5, 5.41) is 0. The number of pyridine rings is 1. The van der Waals surface area contributed by atoms with Gasteiger partial charge in [-0.1, -0.05) is 60.4 Å². The van der Waals surface area contributed by atoms with Gasteiger partial charge in [0.2, 0.25) is 5.88 Å². The van der Waals surface area contributed by atoms with E-state index in [0.29, 0.717) is 27.2 Å². The first-order valence-corrected chi connectivity index (χ1v) is 11.9. The van der Waals surface area contributed by atoms with Crippen LogP contribution in [0, 0.1) is 12.7 Å². The summed E-state index contributed by atoms with van der Waals surface area (Å²) in [5.41, 5.74) is 1.83. The highest BCUT2D eigenvalue weighted by Gasteiger charge is 2.33. The van der Waals surface area contributed by atoms with E-state index in [1.807, 2.05) is 43.3 Å². The number of aryl methyl sites for hydroxylation is 1. The number of benzene rings is 2. The first kappa shape index (κ1) is 22.9. The molecule has 0 atom stereocenters. The van der Waals surface area contributed by atoms with Crippen molar-refractivity contribution in [1.82, 2.24) is 14.3 Å². The fraction of sp³-hybridized carbons (Fsp3) is 0.0769. The maximum Gasteiger partial charge on any atom is 0.269 e. The number of carbonyl (C=O) groups is 1. The smallest absolute Gasteiger partial charge is 0.269 e. The van der Waals surface area contributed by atoms with Crippen LogP contribution in [-0.2, 0) is 11.3 Å². The summed E-state index contributed by atoms with van der Waals surface area (Å²) in [6.07, 6.45) is 3.07. The summed E-state index contributed by atoms with van der Waals surface area (Å²) in [7, 11) is 0. The van der Waals surface area contributed by atoms with Crippen molar-refractivity contribution in [2.75, 3.05) is 0 Å². The molecule has 0 N–H and O–H groups in total. The number of halogens is 1. The number of hydrogen-bond acceptors (Lipinski definition) is 6. The molecule has 0 spiro atoms.